The molecule has 0 radical (unpaired) electrons. The van der Waals surface area contributed by atoms with Gasteiger partial charge in [0.25, 0.3) is 0 Å². The zero-order chi connectivity index (χ0) is 29.8. The van der Waals surface area contributed by atoms with E-state index in [9.17, 15) is 19.2 Å². The number of hydrogen-bond acceptors (Lipinski definition) is 8. The largest absolute Gasteiger partial charge is 0.445 e. The number of carbonyl (C=O) groups excluding carboxylic acids is 4. The van der Waals surface area contributed by atoms with E-state index in [4.69, 9.17) is 14.2 Å². The van der Waals surface area contributed by atoms with Gasteiger partial charge >= 0.3 is 18.3 Å². The first-order valence-electron chi connectivity index (χ1n) is 13.7. The number of hydrazine groups is 1. The molecule has 40 heavy (non-hydrogen) atoms. The minimum Gasteiger partial charge on any atom is -0.445 e. The molecule has 0 aromatic heterocycles. The molecule has 0 saturated carbocycles. The Morgan fingerprint density at radius 2 is 1.43 bits per heavy atom. The summed E-state index contributed by atoms with van der Waals surface area (Å²) in [5, 5.41) is 7.12. The number of unbranched alkanes of at least 4 members (excludes halogenated alkanes) is 1. The summed E-state index contributed by atoms with van der Waals surface area (Å²) in [6.07, 6.45) is -0.193. The Hall–Kier alpha value is -3.54. The molecule has 12 heteroatoms. The summed E-state index contributed by atoms with van der Waals surface area (Å²) in [6, 6.07) is 8.47. The van der Waals surface area contributed by atoms with Crippen molar-refractivity contribution in [3.05, 3.63) is 35.9 Å². The van der Waals surface area contributed by atoms with Crippen molar-refractivity contribution < 1.29 is 33.4 Å². The lowest BCUT2D eigenvalue weighted by Gasteiger charge is -2.36. The van der Waals surface area contributed by atoms with Crippen LogP contribution >= 0.6 is 0 Å². The van der Waals surface area contributed by atoms with Gasteiger partial charge in [0.15, 0.2) is 0 Å². The lowest BCUT2D eigenvalue weighted by molar-refractivity contribution is -0.135. The van der Waals surface area contributed by atoms with Gasteiger partial charge in [-0.15, -0.1) is 0 Å². The molecule has 0 aliphatic carbocycles. The van der Waals surface area contributed by atoms with E-state index in [0.717, 1.165) is 5.56 Å². The first-order chi connectivity index (χ1) is 18.7. The fourth-order valence-electron chi connectivity index (χ4n) is 3.83. The van der Waals surface area contributed by atoms with Crippen molar-refractivity contribution in [1.29, 1.82) is 0 Å². The van der Waals surface area contributed by atoms with Gasteiger partial charge in [0, 0.05) is 32.7 Å². The van der Waals surface area contributed by atoms with Crippen LogP contribution in [0, 0.1) is 0 Å². The molecular formula is C28H45N5O7. The predicted molar refractivity (Wildman–Crippen MR) is 149 cm³/mol. The molecule has 1 aromatic rings. The molecule has 1 aliphatic rings. The van der Waals surface area contributed by atoms with Gasteiger partial charge in [-0.25, -0.2) is 19.4 Å². The molecule has 12 nitrogen and oxygen atoms in total. The highest BCUT2D eigenvalue weighted by Gasteiger charge is 2.30. The maximum absolute atomic E-state index is 13.4. The van der Waals surface area contributed by atoms with Crippen molar-refractivity contribution in [2.45, 2.75) is 84.7 Å². The maximum atomic E-state index is 13.4. The topological polar surface area (TPSA) is 139 Å². The Morgan fingerprint density at radius 3 is 2.02 bits per heavy atom. The van der Waals surface area contributed by atoms with Crippen molar-refractivity contribution in [1.82, 2.24) is 26.0 Å². The molecule has 1 aromatic carbocycles. The zero-order valence-electron chi connectivity index (χ0n) is 24.6. The number of amides is 4. The van der Waals surface area contributed by atoms with Crippen molar-refractivity contribution in [2.75, 3.05) is 32.7 Å². The minimum atomic E-state index is -0.796. The van der Waals surface area contributed by atoms with Gasteiger partial charge in [0.2, 0.25) is 5.91 Å². The van der Waals surface area contributed by atoms with Crippen LogP contribution in [0.1, 0.15) is 66.4 Å². The second-order valence-electron chi connectivity index (χ2n) is 11.6. The van der Waals surface area contributed by atoms with Crippen molar-refractivity contribution in [3.63, 3.8) is 0 Å². The second-order valence-corrected chi connectivity index (χ2v) is 11.6. The van der Waals surface area contributed by atoms with E-state index >= 15 is 0 Å². The normalized spacial score (nSPS) is 15.0. The number of piperazine rings is 1. The van der Waals surface area contributed by atoms with Crippen molar-refractivity contribution in [2.24, 2.45) is 0 Å². The van der Waals surface area contributed by atoms with Crippen LogP contribution in [0.25, 0.3) is 0 Å². The monoisotopic (exact) mass is 563 g/mol. The van der Waals surface area contributed by atoms with Gasteiger partial charge in [0.1, 0.15) is 23.9 Å². The first kappa shape index (κ1) is 32.7. The van der Waals surface area contributed by atoms with E-state index in [2.05, 4.69) is 16.1 Å². The molecule has 3 N–H and O–H groups in total. The van der Waals surface area contributed by atoms with Crippen LogP contribution in [0.2, 0.25) is 0 Å². The predicted octanol–water partition coefficient (Wildman–Crippen LogP) is 3.56. The molecule has 1 saturated heterocycles. The van der Waals surface area contributed by atoms with Gasteiger partial charge in [-0.2, -0.15) is 0 Å². The number of hydrogen-bond donors (Lipinski definition) is 3. The summed E-state index contributed by atoms with van der Waals surface area (Å²) in [5.74, 6) is -0.228. The van der Waals surface area contributed by atoms with E-state index in [0.29, 0.717) is 52.0 Å². The van der Waals surface area contributed by atoms with Crippen molar-refractivity contribution >= 4 is 24.2 Å². The maximum Gasteiger partial charge on any atom is 0.422 e. The fourth-order valence-corrected chi connectivity index (χ4v) is 3.83. The van der Waals surface area contributed by atoms with Gasteiger partial charge in [-0.05, 0) is 66.4 Å². The molecule has 1 aliphatic heterocycles. The number of alkyl carbamates (subject to hydrolysis) is 2. The summed E-state index contributed by atoms with van der Waals surface area (Å²) in [5.41, 5.74) is 2.34. The highest BCUT2D eigenvalue weighted by molar-refractivity contribution is 5.85. The summed E-state index contributed by atoms with van der Waals surface area (Å²) in [6.45, 7) is 12.8. The summed E-state index contributed by atoms with van der Waals surface area (Å²) in [4.78, 5) is 51.5. The Kier molecular flexibility index (Phi) is 12.5. The number of rotatable bonds is 10. The van der Waals surface area contributed by atoms with Gasteiger partial charge in [-0.1, -0.05) is 30.3 Å². The van der Waals surface area contributed by atoms with E-state index < -0.39 is 35.5 Å². The van der Waals surface area contributed by atoms with Crippen LogP contribution in [0.3, 0.4) is 0 Å². The fraction of sp³-hybridized carbons (Fsp3) is 0.643. The molecule has 4 amide bonds. The lowest BCUT2D eigenvalue weighted by atomic mass is 10.1. The van der Waals surface area contributed by atoms with Gasteiger partial charge in [-0.3, -0.25) is 10.2 Å². The third-order valence-electron chi connectivity index (χ3n) is 5.63. The van der Waals surface area contributed by atoms with Crippen molar-refractivity contribution in [3.8, 4) is 0 Å². The first-order valence-corrected chi connectivity index (χ1v) is 13.7. The number of nitrogens with one attached hydrogen (secondary N) is 3. The molecular weight excluding hydrogens is 518 g/mol. The highest BCUT2D eigenvalue weighted by atomic mass is 16.6. The molecule has 224 valence electrons. The number of benzene rings is 1. The number of ether oxygens (including phenoxy) is 3. The molecule has 2 rings (SSSR count). The number of carbonyl (C=O) groups is 4. The Morgan fingerprint density at radius 1 is 0.825 bits per heavy atom. The van der Waals surface area contributed by atoms with Crippen LogP contribution in [-0.2, 0) is 25.6 Å². The molecule has 1 atom stereocenters. The third kappa shape index (κ3) is 13.5. The average Bonchev–Trinajstić information content (AvgIpc) is 2.85. The van der Waals surface area contributed by atoms with Gasteiger partial charge < -0.3 is 29.7 Å². The molecule has 0 spiro atoms. The van der Waals surface area contributed by atoms with Gasteiger partial charge in [0.05, 0.1) is 0 Å². The van der Waals surface area contributed by atoms with E-state index in [1.165, 1.54) is 0 Å². The summed E-state index contributed by atoms with van der Waals surface area (Å²) >= 11 is 0. The van der Waals surface area contributed by atoms with Crippen LogP contribution in [-0.4, -0.2) is 84.1 Å². The number of nitrogens with zero attached hydrogens (tertiary/aromatic N) is 2. The smallest absolute Gasteiger partial charge is 0.422 e. The second kappa shape index (κ2) is 15.3. The standard InChI is InChI=1S/C28H45N5O7/c1-27(2,3)39-24(35)29-15-11-10-14-22(30-25(36)38-20-21-12-8-7-9-13-21)23(34)32-16-18-33(19-17-32)31-26(37)40-28(4,5)6/h7-9,12-13,22H,10-11,14-20H2,1-6H3,(H,29,35)(H,30,36)(H,31,37). The lowest BCUT2D eigenvalue weighted by Crippen LogP contribution is -2.58. The molecule has 1 heterocycles. The summed E-state index contributed by atoms with van der Waals surface area (Å²) in [7, 11) is 0. The molecule has 0 bridgehead atoms. The SMILES string of the molecule is CC(C)(C)OC(=O)NCCCCC(NC(=O)OCc1ccccc1)C(=O)N1CCN(NC(=O)OC(C)(C)C)CC1. The van der Waals surface area contributed by atoms with Crippen LogP contribution in [0.5, 0.6) is 0 Å². The van der Waals surface area contributed by atoms with Crippen LogP contribution in [0.15, 0.2) is 30.3 Å². The highest BCUT2D eigenvalue weighted by Crippen LogP contribution is 2.11. The van der Waals surface area contributed by atoms with Crippen LogP contribution < -0.4 is 16.1 Å². The Balaban J connectivity index is 1.89. The third-order valence-corrected chi connectivity index (χ3v) is 5.63. The Labute approximate surface area is 237 Å². The van der Waals surface area contributed by atoms with E-state index in [-0.39, 0.29) is 12.5 Å². The van der Waals surface area contributed by atoms with E-state index in [1.54, 1.807) is 51.5 Å². The molecule has 1 unspecified atom stereocenters. The molecule has 1 fully saturated rings. The Bertz CT molecular complexity index is 968. The minimum absolute atomic E-state index is 0.0857. The van der Waals surface area contributed by atoms with Crippen LogP contribution in [0.4, 0.5) is 14.4 Å². The van der Waals surface area contributed by atoms with E-state index in [1.807, 2.05) is 30.3 Å². The zero-order valence-corrected chi connectivity index (χ0v) is 24.6. The average molecular weight is 564 g/mol. The quantitative estimate of drug-likeness (QED) is 0.290. The summed E-state index contributed by atoms with van der Waals surface area (Å²) < 4.78 is 15.9.